The fourth-order valence-corrected chi connectivity index (χ4v) is 9.06. The van der Waals surface area contributed by atoms with Gasteiger partial charge in [0.15, 0.2) is 12.6 Å². The van der Waals surface area contributed by atoms with Crippen molar-refractivity contribution < 1.29 is 63.9 Å². The molecule has 0 spiro atoms. The minimum Gasteiger partial charge on any atom is -0.459 e. The molecule has 3 aliphatic heterocycles. The van der Waals surface area contributed by atoms with Gasteiger partial charge in [0.1, 0.15) is 35.1 Å². The summed E-state index contributed by atoms with van der Waals surface area (Å²) in [5.41, 5.74) is -6.22. The highest BCUT2D eigenvalue weighted by Gasteiger charge is 2.58. The Morgan fingerprint density at radius 1 is 0.963 bits per heavy atom. The molecular weight excluding hydrogens is 704 g/mol. The molecule has 3 rings (SSSR count). The van der Waals surface area contributed by atoms with Crippen molar-refractivity contribution in [3.63, 3.8) is 0 Å². The average molecular weight is 779 g/mol. The van der Waals surface area contributed by atoms with Crippen LogP contribution in [0, 0.1) is 17.8 Å². The van der Waals surface area contributed by atoms with E-state index < -0.39 is 95.5 Å². The highest BCUT2D eigenvalue weighted by Crippen LogP contribution is 2.44. The second kappa shape index (κ2) is 18.7. The second-order valence-corrected chi connectivity index (χ2v) is 17.5. The molecule has 7 N–H and O–H groups in total. The second-order valence-electron chi connectivity index (χ2n) is 17.5. The molecule has 3 fully saturated rings. The van der Waals surface area contributed by atoms with Crippen molar-refractivity contribution in [2.75, 3.05) is 34.4 Å². The van der Waals surface area contributed by atoms with Crippen LogP contribution in [0.3, 0.4) is 0 Å². The van der Waals surface area contributed by atoms with E-state index in [1.165, 1.54) is 14.0 Å². The van der Waals surface area contributed by atoms with E-state index in [4.69, 9.17) is 28.4 Å². The molecule has 15 nitrogen and oxygen atoms in total. The largest absolute Gasteiger partial charge is 0.459 e. The molecule has 0 saturated carbocycles. The van der Waals surface area contributed by atoms with Gasteiger partial charge in [0, 0.05) is 44.6 Å². The monoisotopic (exact) mass is 779 g/mol. The number of aliphatic hydroxyl groups is 6. The van der Waals surface area contributed by atoms with E-state index in [0.717, 1.165) is 0 Å². The minimum atomic E-state index is -1.83. The lowest BCUT2D eigenvalue weighted by Crippen LogP contribution is -2.67. The van der Waals surface area contributed by atoms with E-state index in [0.29, 0.717) is 13.0 Å². The maximum atomic E-state index is 14.2. The topological polar surface area (TPSA) is 209 Å². The lowest BCUT2D eigenvalue weighted by atomic mass is 9.73. The first-order valence-corrected chi connectivity index (χ1v) is 19.8. The first-order valence-electron chi connectivity index (χ1n) is 19.8. The number of esters is 1. The lowest BCUT2D eigenvalue weighted by molar-refractivity contribution is -0.339. The standard InChI is InChI=1S/C39H74N2O13/c1-14-28-38(10,47)32(44)25(6)40-20-21(2)18-36(8,46)33(54-35-30(43)27(41(11)12)17-22(3)50-35)23(4)31(24(5)34(45)52-28)53-29-19-37(9,49-13)39(48,15-16-42)26(7)51-29/h21-33,35,40,42-44,46-48H,14-20H2,1-13H3/t21-,22-,23+,24-,25-,26+,27+,28?,29+,30-,31+,32-,33-,35+,36-,37-,38-,39-/m1/s1. The van der Waals surface area contributed by atoms with Crippen LogP contribution >= 0.6 is 0 Å². The summed E-state index contributed by atoms with van der Waals surface area (Å²) in [5.74, 6) is -2.76. The normalized spacial score (nSPS) is 49.2. The van der Waals surface area contributed by atoms with Crippen LogP contribution in [0.15, 0.2) is 0 Å². The predicted molar refractivity (Wildman–Crippen MR) is 200 cm³/mol. The van der Waals surface area contributed by atoms with Crippen LogP contribution in [0.5, 0.6) is 0 Å². The number of aliphatic hydroxyl groups excluding tert-OH is 3. The summed E-state index contributed by atoms with van der Waals surface area (Å²) < 4.78 is 37.8. The van der Waals surface area contributed by atoms with Gasteiger partial charge in [0.05, 0.1) is 35.9 Å². The fraction of sp³-hybridized carbons (Fsp3) is 0.974. The quantitative estimate of drug-likeness (QED) is 0.165. The zero-order valence-corrected chi connectivity index (χ0v) is 35.0. The third kappa shape index (κ3) is 10.1. The van der Waals surface area contributed by atoms with E-state index in [-0.39, 0.29) is 50.4 Å². The minimum absolute atomic E-state index is 0.0154. The van der Waals surface area contributed by atoms with Crippen LogP contribution in [0.1, 0.15) is 101 Å². The number of rotatable bonds is 9. The number of cyclic esters (lactones) is 1. The summed E-state index contributed by atoms with van der Waals surface area (Å²) in [6, 6.07) is -0.899. The van der Waals surface area contributed by atoms with Crippen molar-refractivity contribution >= 4 is 5.97 Å². The summed E-state index contributed by atoms with van der Waals surface area (Å²) >= 11 is 0. The number of hydrogen-bond acceptors (Lipinski definition) is 15. The van der Waals surface area contributed by atoms with Gasteiger partial charge < -0.3 is 69.3 Å². The van der Waals surface area contributed by atoms with Crippen LogP contribution in [0.25, 0.3) is 0 Å². The Labute approximate surface area is 323 Å². The third-order valence-corrected chi connectivity index (χ3v) is 12.7. The summed E-state index contributed by atoms with van der Waals surface area (Å²) in [5, 5.41) is 71.8. The number of carbonyl (C=O) groups excluding carboxylic acids is 1. The molecule has 1 unspecified atom stereocenters. The summed E-state index contributed by atoms with van der Waals surface area (Å²) in [7, 11) is 5.21. The molecule has 0 aromatic rings. The van der Waals surface area contributed by atoms with Gasteiger partial charge in [-0.25, -0.2) is 0 Å². The van der Waals surface area contributed by atoms with Crippen molar-refractivity contribution in [1.82, 2.24) is 10.2 Å². The Morgan fingerprint density at radius 2 is 1.59 bits per heavy atom. The molecule has 3 aliphatic rings. The summed E-state index contributed by atoms with van der Waals surface area (Å²) in [4.78, 5) is 16.2. The molecule has 0 aromatic carbocycles. The van der Waals surface area contributed by atoms with Gasteiger partial charge in [-0.15, -0.1) is 0 Å². The van der Waals surface area contributed by atoms with Crippen molar-refractivity contribution in [2.24, 2.45) is 17.8 Å². The Balaban J connectivity index is 2.17. The number of nitrogens with zero attached hydrogens (tertiary/aromatic N) is 1. The number of hydrogen-bond donors (Lipinski definition) is 7. The van der Waals surface area contributed by atoms with Gasteiger partial charge in [-0.05, 0) is 94.3 Å². The first-order chi connectivity index (χ1) is 24.9. The van der Waals surface area contributed by atoms with Gasteiger partial charge in [-0.2, -0.15) is 0 Å². The molecular formula is C39H74N2O13. The SMILES string of the molecule is CCC1OC(=O)[C@H](C)[C@@H](O[C@H]2C[C@@](C)(OC)[C@@](O)(CCO)[C@H](C)O2)[C@H](C)[C@@H](O[C@@H]2O[C@H](C)C[C@H](N(C)C)[C@H]2O)[C@](C)(O)C[C@@H](C)CN[C@H](C)[C@@H](O)[C@]1(C)O. The van der Waals surface area contributed by atoms with Crippen LogP contribution in [0.2, 0.25) is 0 Å². The van der Waals surface area contributed by atoms with Gasteiger partial charge in [-0.3, -0.25) is 4.79 Å². The van der Waals surface area contributed by atoms with E-state index in [1.807, 2.05) is 32.8 Å². The molecule has 318 valence electrons. The number of nitrogens with one attached hydrogen (secondary N) is 1. The summed E-state index contributed by atoms with van der Waals surface area (Å²) in [6.45, 7) is 17.3. The number of carbonyl (C=O) groups is 1. The molecule has 0 radical (unpaired) electrons. The number of ether oxygens (including phenoxy) is 6. The molecule has 3 saturated heterocycles. The van der Waals surface area contributed by atoms with Crippen molar-refractivity contribution in [2.45, 2.75) is 191 Å². The van der Waals surface area contributed by atoms with Crippen molar-refractivity contribution in [3.8, 4) is 0 Å². The maximum absolute atomic E-state index is 14.2. The Hall–Kier alpha value is -1.05. The van der Waals surface area contributed by atoms with Crippen LogP contribution in [-0.4, -0.2) is 166 Å². The van der Waals surface area contributed by atoms with Crippen LogP contribution in [0.4, 0.5) is 0 Å². The smallest absolute Gasteiger partial charge is 0.311 e. The Morgan fingerprint density at radius 3 is 2.15 bits per heavy atom. The third-order valence-electron chi connectivity index (χ3n) is 12.7. The van der Waals surface area contributed by atoms with Crippen molar-refractivity contribution in [1.29, 1.82) is 0 Å². The fourth-order valence-electron chi connectivity index (χ4n) is 9.06. The van der Waals surface area contributed by atoms with Crippen LogP contribution in [-0.2, 0) is 33.2 Å². The average Bonchev–Trinajstić information content (AvgIpc) is 3.09. The van der Waals surface area contributed by atoms with Gasteiger partial charge in [0.2, 0.25) is 0 Å². The molecule has 54 heavy (non-hydrogen) atoms. The molecule has 3 heterocycles. The van der Waals surface area contributed by atoms with Crippen molar-refractivity contribution in [3.05, 3.63) is 0 Å². The van der Waals surface area contributed by atoms with Gasteiger partial charge in [-0.1, -0.05) is 20.8 Å². The maximum Gasteiger partial charge on any atom is 0.311 e. The summed E-state index contributed by atoms with van der Waals surface area (Å²) in [6.07, 6.45) is -8.00. The zero-order chi connectivity index (χ0) is 41.1. The van der Waals surface area contributed by atoms with E-state index >= 15 is 0 Å². The number of likely N-dealkylation sites (N-methyl/N-ethyl adjacent to an activating group) is 1. The molecule has 18 atom stereocenters. The molecule has 0 aromatic heterocycles. The van der Waals surface area contributed by atoms with Crippen LogP contribution < -0.4 is 5.32 Å². The highest BCUT2D eigenvalue weighted by atomic mass is 16.7. The highest BCUT2D eigenvalue weighted by molar-refractivity contribution is 5.73. The number of methoxy groups -OCH3 is 1. The van der Waals surface area contributed by atoms with Gasteiger partial charge in [0.25, 0.3) is 0 Å². The first kappa shape index (κ1) is 47.3. The van der Waals surface area contributed by atoms with E-state index in [9.17, 15) is 35.4 Å². The Bertz CT molecular complexity index is 1190. The molecule has 15 heteroatoms. The zero-order valence-electron chi connectivity index (χ0n) is 35.0. The Kier molecular flexibility index (Phi) is 16.4. The van der Waals surface area contributed by atoms with E-state index in [2.05, 4.69) is 5.32 Å². The lowest BCUT2D eigenvalue weighted by Gasteiger charge is -2.53. The van der Waals surface area contributed by atoms with E-state index in [1.54, 1.807) is 48.5 Å². The molecule has 0 bridgehead atoms. The molecule has 0 amide bonds. The predicted octanol–water partition coefficient (Wildman–Crippen LogP) is 1.31. The molecule has 0 aliphatic carbocycles. The van der Waals surface area contributed by atoms with Gasteiger partial charge >= 0.3 is 5.97 Å².